The summed E-state index contributed by atoms with van der Waals surface area (Å²) in [7, 11) is 0. The van der Waals surface area contributed by atoms with Crippen LogP contribution >= 0.6 is 6.04 Å². The van der Waals surface area contributed by atoms with Gasteiger partial charge in [0.05, 0.1) is 6.61 Å². The molecule has 124 valence electrons. The van der Waals surface area contributed by atoms with Crippen molar-refractivity contribution in [3.63, 3.8) is 0 Å². The van der Waals surface area contributed by atoms with E-state index in [0.29, 0.717) is 5.92 Å². The molecule has 2 aromatic rings. The first-order valence-electron chi connectivity index (χ1n) is 8.54. The number of rotatable bonds is 3. The first kappa shape index (κ1) is 16.3. The summed E-state index contributed by atoms with van der Waals surface area (Å²) in [6.07, 6.45) is 1.05. The van der Waals surface area contributed by atoms with Crippen LogP contribution in [0.3, 0.4) is 0 Å². The smallest absolute Gasteiger partial charge is 0.0515 e. The molecule has 4 atom stereocenters. The third-order valence-corrected chi connectivity index (χ3v) is 11.9. The largest absolute Gasteiger partial charge is 0.396 e. The summed E-state index contributed by atoms with van der Waals surface area (Å²) in [6.45, 7) is 4.84. The van der Waals surface area contributed by atoms with Gasteiger partial charge in [-0.3, -0.25) is 0 Å². The Morgan fingerprint density at radius 3 is 2.25 bits per heavy atom. The van der Waals surface area contributed by atoms with Gasteiger partial charge in [-0.15, -0.1) is 0 Å². The van der Waals surface area contributed by atoms with Crippen LogP contribution < -0.4 is 0 Å². The standard InChI is InChI=1S/C21H23OPS/c1-15-20(17-11-7-4-8-12-17)23(24)14-21(15,2)19(18(23)13-22)16-9-5-3-6-10-16/h3-12,18-19,22H,13-14H2,1-2H3/t18-,19-,21-,23+/m1/s1. The highest BCUT2D eigenvalue weighted by molar-refractivity contribution is 8.20. The van der Waals surface area contributed by atoms with Crippen molar-refractivity contribution in [2.75, 3.05) is 12.8 Å². The Bertz CT molecular complexity index is 843. The van der Waals surface area contributed by atoms with E-state index in [1.165, 1.54) is 22.0 Å². The van der Waals surface area contributed by atoms with Crippen molar-refractivity contribution in [1.29, 1.82) is 0 Å². The summed E-state index contributed by atoms with van der Waals surface area (Å²) in [5.74, 6) is 0.335. The number of aliphatic hydroxyl groups is 1. The zero-order valence-corrected chi connectivity index (χ0v) is 15.9. The van der Waals surface area contributed by atoms with Gasteiger partial charge < -0.3 is 5.11 Å². The second-order valence-electron chi connectivity index (χ2n) is 7.35. The zero-order valence-electron chi connectivity index (χ0n) is 14.1. The molecule has 2 aliphatic heterocycles. The van der Waals surface area contributed by atoms with Crippen LogP contribution in [0.1, 0.15) is 30.9 Å². The van der Waals surface area contributed by atoms with Crippen LogP contribution in [0.4, 0.5) is 0 Å². The van der Waals surface area contributed by atoms with Crippen LogP contribution in [0.25, 0.3) is 5.31 Å². The Morgan fingerprint density at radius 1 is 1.08 bits per heavy atom. The van der Waals surface area contributed by atoms with E-state index in [2.05, 4.69) is 74.5 Å². The van der Waals surface area contributed by atoms with Crippen molar-refractivity contribution in [3.05, 3.63) is 77.4 Å². The van der Waals surface area contributed by atoms with Crippen molar-refractivity contribution in [2.45, 2.75) is 25.4 Å². The number of benzene rings is 2. The maximum absolute atomic E-state index is 10.3. The molecule has 1 saturated heterocycles. The van der Waals surface area contributed by atoms with Gasteiger partial charge in [0.15, 0.2) is 0 Å². The molecule has 0 amide bonds. The predicted octanol–water partition coefficient (Wildman–Crippen LogP) is 5.08. The molecule has 2 aliphatic rings. The molecule has 4 rings (SSSR count). The fourth-order valence-electron chi connectivity index (χ4n) is 5.04. The van der Waals surface area contributed by atoms with E-state index in [9.17, 15) is 5.11 Å². The van der Waals surface area contributed by atoms with E-state index in [1.807, 2.05) is 0 Å². The number of allylic oxidation sites excluding steroid dienone is 1. The topological polar surface area (TPSA) is 20.2 Å². The lowest BCUT2D eigenvalue weighted by molar-refractivity contribution is 0.253. The van der Waals surface area contributed by atoms with Crippen molar-refractivity contribution < 1.29 is 5.11 Å². The average molecular weight is 354 g/mol. The molecule has 1 fully saturated rings. The Kier molecular flexibility index (Phi) is 3.84. The molecular formula is C21H23OPS. The molecule has 2 bridgehead atoms. The van der Waals surface area contributed by atoms with Crippen molar-refractivity contribution in [3.8, 4) is 0 Å². The van der Waals surface area contributed by atoms with Crippen molar-refractivity contribution in [2.24, 2.45) is 5.41 Å². The highest BCUT2D eigenvalue weighted by atomic mass is 32.4. The number of fused-ring (bicyclic) bond motifs is 2. The Morgan fingerprint density at radius 2 is 1.67 bits per heavy atom. The molecule has 2 heterocycles. The zero-order chi connectivity index (χ0) is 16.9. The highest BCUT2D eigenvalue weighted by Gasteiger charge is 2.61. The van der Waals surface area contributed by atoms with Gasteiger partial charge in [-0.1, -0.05) is 85.0 Å². The van der Waals surface area contributed by atoms with Gasteiger partial charge in [-0.2, -0.15) is 0 Å². The van der Waals surface area contributed by atoms with Crippen LogP contribution in [-0.4, -0.2) is 23.5 Å². The van der Waals surface area contributed by atoms with Gasteiger partial charge in [-0.05, 0) is 35.6 Å². The van der Waals surface area contributed by atoms with Crippen LogP contribution in [0.15, 0.2) is 66.2 Å². The van der Waals surface area contributed by atoms with Crippen molar-refractivity contribution >= 4 is 23.2 Å². The normalized spacial score (nSPS) is 34.8. The molecule has 3 heteroatoms. The molecule has 0 radical (unpaired) electrons. The van der Waals surface area contributed by atoms with Crippen molar-refractivity contribution in [1.82, 2.24) is 0 Å². The molecule has 1 N–H and O–H groups in total. The summed E-state index contributed by atoms with van der Waals surface area (Å²) >= 11 is 6.35. The van der Waals surface area contributed by atoms with Crippen LogP contribution in [-0.2, 0) is 11.8 Å². The van der Waals surface area contributed by atoms with Crippen LogP contribution in [0.2, 0.25) is 0 Å². The molecule has 0 aromatic heterocycles. The molecule has 0 saturated carbocycles. The minimum Gasteiger partial charge on any atom is -0.396 e. The van der Waals surface area contributed by atoms with E-state index in [0.717, 1.165) is 6.16 Å². The number of hydrogen-bond acceptors (Lipinski definition) is 2. The quantitative estimate of drug-likeness (QED) is 0.776. The van der Waals surface area contributed by atoms with E-state index < -0.39 is 6.04 Å². The van der Waals surface area contributed by atoms with E-state index in [4.69, 9.17) is 11.8 Å². The van der Waals surface area contributed by atoms with E-state index >= 15 is 0 Å². The minimum atomic E-state index is -1.80. The molecule has 1 nitrogen and oxygen atoms in total. The Hall–Kier alpha value is -1.21. The van der Waals surface area contributed by atoms with Gasteiger partial charge in [-0.25, -0.2) is 0 Å². The summed E-state index contributed by atoms with van der Waals surface area (Å²) in [6, 6.07) is 19.5. The van der Waals surface area contributed by atoms with Gasteiger partial charge in [0, 0.05) is 17.0 Å². The summed E-state index contributed by atoms with van der Waals surface area (Å²) in [5, 5.41) is 11.7. The first-order chi connectivity index (χ1) is 11.5. The summed E-state index contributed by atoms with van der Waals surface area (Å²) < 4.78 is 0. The third kappa shape index (κ3) is 2.07. The second kappa shape index (κ2) is 5.66. The minimum absolute atomic E-state index is 0.0649. The molecule has 24 heavy (non-hydrogen) atoms. The predicted molar refractivity (Wildman–Crippen MR) is 106 cm³/mol. The van der Waals surface area contributed by atoms with Crippen LogP contribution in [0, 0.1) is 5.41 Å². The maximum atomic E-state index is 10.3. The monoisotopic (exact) mass is 354 g/mol. The first-order valence-corrected chi connectivity index (χ1v) is 11.6. The molecule has 0 aliphatic carbocycles. The number of hydrogen-bond donors (Lipinski definition) is 1. The maximum Gasteiger partial charge on any atom is 0.0515 e. The second-order valence-corrected chi connectivity index (χ2v) is 12.3. The highest BCUT2D eigenvalue weighted by Crippen LogP contribution is 2.83. The lowest BCUT2D eigenvalue weighted by Crippen LogP contribution is -2.32. The van der Waals surface area contributed by atoms with E-state index in [1.54, 1.807) is 0 Å². The Labute approximate surface area is 149 Å². The van der Waals surface area contributed by atoms with Crippen LogP contribution in [0.5, 0.6) is 0 Å². The van der Waals surface area contributed by atoms with E-state index in [-0.39, 0.29) is 17.7 Å². The fraction of sp³-hybridized carbons (Fsp3) is 0.333. The Balaban J connectivity index is 1.93. The lowest BCUT2D eigenvalue weighted by atomic mass is 9.68. The molecule has 0 unspecified atom stereocenters. The number of aliphatic hydroxyl groups excluding tert-OH is 1. The van der Waals surface area contributed by atoms with Gasteiger partial charge >= 0.3 is 0 Å². The van der Waals surface area contributed by atoms with Gasteiger partial charge in [0.1, 0.15) is 0 Å². The third-order valence-electron chi connectivity index (χ3n) is 6.15. The lowest BCUT2D eigenvalue weighted by Gasteiger charge is -2.39. The molecule has 2 aromatic carbocycles. The fourth-order valence-corrected chi connectivity index (χ4v) is 11.9. The summed E-state index contributed by atoms with van der Waals surface area (Å²) in [5.41, 5.74) is 4.31. The van der Waals surface area contributed by atoms with Gasteiger partial charge in [0.25, 0.3) is 0 Å². The SMILES string of the molecule is CC1=C(c2ccccc2)[P@]2(=S)C[C@@]1(C)[C@H](c1ccccc1)[C@H]2CO. The molecular weight excluding hydrogens is 331 g/mol. The van der Waals surface area contributed by atoms with Gasteiger partial charge in [0.2, 0.25) is 0 Å². The summed E-state index contributed by atoms with van der Waals surface area (Å²) in [4.78, 5) is 0. The average Bonchev–Trinajstić information content (AvgIpc) is 2.96. The molecule has 0 spiro atoms.